The first kappa shape index (κ1) is 17.5. The predicted molar refractivity (Wildman–Crippen MR) is 86.5 cm³/mol. The summed E-state index contributed by atoms with van der Waals surface area (Å²) in [4.78, 5) is 12.1. The average Bonchev–Trinajstić information content (AvgIpc) is 3.12. The first-order valence-electron chi connectivity index (χ1n) is 7.62. The Morgan fingerprint density at radius 2 is 1.85 bits per heavy atom. The molecule has 6 nitrogen and oxygen atoms in total. The van der Waals surface area contributed by atoms with E-state index in [-0.39, 0.29) is 28.9 Å². The van der Waals surface area contributed by atoms with Crippen molar-refractivity contribution in [3.8, 4) is 17.2 Å². The fraction of sp³-hybridized carbons (Fsp3) is 0.167. The van der Waals surface area contributed by atoms with Crippen molar-refractivity contribution in [2.24, 2.45) is 0 Å². The van der Waals surface area contributed by atoms with Crippen LogP contribution in [0.5, 0.6) is 5.75 Å². The lowest BCUT2D eigenvalue weighted by Crippen LogP contribution is -2.10. The molecule has 134 valence electrons. The second kappa shape index (κ2) is 7.30. The Hall–Kier alpha value is -3.29. The molecule has 0 saturated heterocycles. The van der Waals surface area contributed by atoms with E-state index in [2.05, 4.69) is 10.2 Å². The number of halogens is 2. The molecule has 1 atom stereocenters. The van der Waals surface area contributed by atoms with Gasteiger partial charge in [0.05, 0.1) is 12.7 Å². The normalized spacial score (nSPS) is 11.8. The van der Waals surface area contributed by atoms with Crippen molar-refractivity contribution in [3.63, 3.8) is 0 Å². The van der Waals surface area contributed by atoms with E-state index in [0.717, 1.165) is 6.07 Å². The molecule has 3 aromatic rings. The maximum absolute atomic E-state index is 13.7. The Kier molecular flexibility index (Phi) is 4.92. The highest BCUT2D eigenvalue weighted by molar-refractivity contribution is 5.89. The van der Waals surface area contributed by atoms with E-state index in [1.807, 2.05) is 0 Å². The first-order valence-corrected chi connectivity index (χ1v) is 7.62. The summed E-state index contributed by atoms with van der Waals surface area (Å²) in [5, 5.41) is 7.67. The molecule has 1 aromatic heterocycles. The molecule has 3 rings (SSSR count). The fourth-order valence-electron chi connectivity index (χ4n) is 2.18. The van der Waals surface area contributed by atoms with Gasteiger partial charge in [0.2, 0.25) is 5.89 Å². The predicted octanol–water partition coefficient (Wildman–Crippen LogP) is 3.94. The van der Waals surface area contributed by atoms with Gasteiger partial charge in [-0.1, -0.05) is 0 Å². The van der Waals surface area contributed by atoms with Crippen LogP contribution in [0.4, 0.5) is 8.78 Å². The molecule has 0 bridgehead atoms. The van der Waals surface area contributed by atoms with Gasteiger partial charge < -0.3 is 13.9 Å². The van der Waals surface area contributed by atoms with Crippen LogP contribution in [0.15, 0.2) is 46.9 Å². The number of rotatable bonds is 5. The van der Waals surface area contributed by atoms with Crippen molar-refractivity contribution in [1.82, 2.24) is 10.2 Å². The summed E-state index contributed by atoms with van der Waals surface area (Å²) < 4.78 is 42.1. The van der Waals surface area contributed by atoms with Crippen molar-refractivity contribution in [2.75, 3.05) is 7.11 Å². The molecule has 0 unspecified atom stereocenters. The van der Waals surface area contributed by atoms with E-state index >= 15 is 0 Å². The Morgan fingerprint density at radius 3 is 2.50 bits per heavy atom. The zero-order valence-electron chi connectivity index (χ0n) is 13.9. The van der Waals surface area contributed by atoms with Crippen LogP contribution in [-0.2, 0) is 4.74 Å². The summed E-state index contributed by atoms with van der Waals surface area (Å²) in [5.41, 5.74) is 0.550. The molecule has 0 N–H and O–H groups in total. The zero-order chi connectivity index (χ0) is 18.7. The number of hydrogen-bond acceptors (Lipinski definition) is 6. The lowest BCUT2D eigenvalue weighted by atomic mass is 10.2. The topological polar surface area (TPSA) is 74.5 Å². The third-order valence-electron chi connectivity index (χ3n) is 3.55. The number of hydrogen-bond donors (Lipinski definition) is 0. The number of nitrogens with zero attached hydrogens (tertiary/aromatic N) is 2. The summed E-state index contributed by atoms with van der Waals surface area (Å²) >= 11 is 0. The number of carbonyl (C=O) groups is 1. The van der Waals surface area contributed by atoms with Crippen LogP contribution in [0.1, 0.15) is 29.3 Å². The molecular weight excluding hydrogens is 346 g/mol. The van der Waals surface area contributed by atoms with Crippen molar-refractivity contribution < 1.29 is 27.5 Å². The maximum Gasteiger partial charge on any atom is 0.339 e. The van der Waals surface area contributed by atoms with Gasteiger partial charge in [-0.05, 0) is 49.4 Å². The minimum absolute atomic E-state index is 0.0217. The van der Waals surface area contributed by atoms with Gasteiger partial charge in [-0.3, -0.25) is 0 Å². The lowest BCUT2D eigenvalue weighted by Gasteiger charge is -2.10. The third kappa shape index (κ3) is 3.69. The molecule has 0 aliphatic heterocycles. The third-order valence-corrected chi connectivity index (χ3v) is 3.55. The van der Waals surface area contributed by atoms with Gasteiger partial charge in [0.25, 0.3) is 5.89 Å². The molecule has 0 aliphatic rings. The molecule has 26 heavy (non-hydrogen) atoms. The van der Waals surface area contributed by atoms with Gasteiger partial charge in [-0.25, -0.2) is 13.6 Å². The summed E-state index contributed by atoms with van der Waals surface area (Å²) in [6.45, 7) is 1.54. The van der Waals surface area contributed by atoms with Crippen LogP contribution in [-0.4, -0.2) is 23.3 Å². The minimum Gasteiger partial charge on any atom is -0.494 e. The van der Waals surface area contributed by atoms with Crippen LogP contribution in [0, 0.1) is 11.6 Å². The van der Waals surface area contributed by atoms with Crippen molar-refractivity contribution >= 4 is 5.97 Å². The van der Waals surface area contributed by atoms with E-state index in [1.54, 1.807) is 6.92 Å². The van der Waals surface area contributed by atoms with E-state index in [9.17, 15) is 13.6 Å². The molecule has 0 saturated carbocycles. The number of methoxy groups -OCH3 is 1. The number of aromatic nitrogens is 2. The largest absolute Gasteiger partial charge is 0.494 e. The Morgan fingerprint density at radius 1 is 1.12 bits per heavy atom. The van der Waals surface area contributed by atoms with Crippen LogP contribution < -0.4 is 4.74 Å². The zero-order valence-corrected chi connectivity index (χ0v) is 13.9. The molecule has 0 aliphatic carbocycles. The van der Waals surface area contributed by atoms with Crippen LogP contribution in [0.25, 0.3) is 11.5 Å². The van der Waals surface area contributed by atoms with E-state index in [4.69, 9.17) is 13.9 Å². The molecule has 0 amide bonds. The van der Waals surface area contributed by atoms with Gasteiger partial charge in [0.1, 0.15) is 5.82 Å². The Labute approximate surface area is 147 Å². The summed E-state index contributed by atoms with van der Waals surface area (Å²) in [5.74, 6) is -1.56. The number of benzene rings is 2. The first-order chi connectivity index (χ1) is 12.5. The van der Waals surface area contributed by atoms with E-state index in [1.165, 1.54) is 43.5 Å². The second-order valence-corrected chi connectivity index (χ2v) is 5.35. The Balaban J connectivity index is 1.72. The maximum atomic E-state index is 13.7. The lowest BCUT2D eigenvalue weighted by molar-refractivity contribution is 0.0279. The highest BCUT2D eigenvalue weighted by Gasteiger charge is 2.21. The molecule has 8 heteroatoms. The van der Waals surface area contributed by atoms with Gasteiger partial charge >= 0.3 is 5.97 Å². The molecule has 0 fully saturated rings. The summed E-state index contributed by atoms with van der Waals surface area (Å²) in [6.07, 6.45) is -0.852. The van der Waals surface area contributed by atoms with Crippen LogP contribution in [0.2, 0.25) is 0 Å². The van der Waals surface area contributed by atoms with Crippen LogP contribution >= 0.6 is 0 Å². The highest BCUT2D eigenvalue weighted by atomic mass is 19.1. The van der Waals surface area contributed by atoms with Gasteiger partial charge in [-0.15, -0.1) is 10.2 Å². The molecule has 2 aromatic carbocycles. The van der Waals surface area contributed by atoms with Gasteiger partial charge in [-0.2, -0.15) is 0 Å². The smallest absolute Gasteiger partial charge is 0.339 e. The summed E-state index contributed by atoms with van der Waals surface area (Å²) in [7, 11) is 1.33. The SMILES string of the molecule is COc1ccc(C(=O)O[C@H](C)c2nnc(-c3ccc(F)cc3)o2)cc1F. The molecule has 1 heterocycles. The monoisotopic (exact) mass is 360 g/mol. The molecule has 0 spiro atoms. The number of ether oxygens (including phenoxy) is 2. The number of carbonyl (C=O) groups excluding carboxylic acids is 1. The quantitative estimate of drug-likeness (QED) is 0.642. The molecular formula is C18H14F2N2O4. The molecule has 0 radical (unpaired) electrons. The van der Waals surface area contributed by atoms with Gasteiger partial charge in [0, 0.05) is 5.56 Å². The van der Waals surface area contributed by atoms with Crippen LogP contribution in [0.3, 0.4) is 0 Å². The summed E-state index contributed by atoms with van der Waals surface area (Å²) in [6, 6.07) is 9.24. The second-order valence-electron chi connectivity index (χ2n) is 5.35. The minimum atomic E-state index is -0.852. The van der Waals surface area contributed by atoms with Crippen molar-refractivity contribution in [1.29, 1.82) is 0 Å². The van der Waals surface area contributed by atoms with E-state index in [0.29, 0.717) is 5.56 Å². The highest BCUT2D eigenvalue weighted by Crippen LogP contribution is 2.24. The van der Waals surface area contributed by atoms with Gasteiger partial charge in [0.15, 0.2) is 17.7 Å². The standard InChI is InChI=1S/C18H14F2N2O4/c1-10(25-18(23)12-5-8-15(24-2)14(20)9-12)16-21-22-17(26-16)11-3-6-13(19)7-4-11/h3-10H,1-2H3/t10-/m1/s1. The Bertz CT molecular complexity index is 925. The van der Waals surface area contributed by atoms with Crippen molar-refractivity contribution in [3.05, 3.63) is 65.6 Å². The number of esters is 1. The average molecular weight is 360 g/mol. The fourth-order valence-corrected chi connectivity index (χ4v) is 2.18. The van der Waals surface area contributed by atoms with Crippen molar-refractivity contribution in [2.45, 2.75) is 13.0 Å². The van der Waals surface area contributed by atoms with E-state index < -0.39 is 17.9 Å².